The molecule has 160 valence electrons. The molecule has 0 spiro atoms. The van der Waals surface area contributed by atoms with Crippen LogP contribution in [-0.2, 0) is 13.0 Å². The number of guanidine groups is 1. The third-order valence-electron chi connectivity index (χ3n) is 5.18. The Labute approximate surface area is 190 Å². The minimum absolute atomic E-state index is 0. The number of hydrogen-bond acceptors (Lipinski definition) is 5. The van der Waals surface area contributed by atoms with E-state index in [1.165, 1.54) is 11.1 Å². The molecule has 1 unspecified atom stereocenters. The van der Waals surface area contributed by atoms with Gasteiger partial charge in [0.05, 0.1) is 26.5 Å². The first-order chi connectivity index (χ1) is 13.6. The van der Waals surface area contributed by atoms with Gasteiger partial charge in [-0.15, -0.1) is 24.0 Å². The monoisotopic (exact) mass is 514 g/mol. The van der Waals surface area contributed by atoms with E-state index in [0.29, 0.717) is 6.54 Å². The second-order valence-electron chi connectivity index (χ2n) is 7.07. The Bertz CT molecular complexity index is 809. The van der Waals surface area contributed by atoms with Crippen LogP contribution in [0.4, 0.5) is 0 Å². The quantitative estimate of drug-likeness (QED) is 0.363. The van der Waals surface area contributed by atoms with Crippen molar-refractivity contribution in [2.24, 2.45) is 4.99 Å². The predicted octanol–water partition coefficient (Wildman–Crippen LogP) is 3.15. The van der Waals surface area contributed by atoms with Gasteiger partial charge in [0.1, 0.15) is 5.76 Å². The molecule has 0 saturated carbocycles. The molecule has 1 aliphatic heterocycles. The summed E-state index contributed by atoms with van der Waals surface area (Å²) in [6.07, 6.45) is 2.65. The van der Waals surface area contributed by atoms with Gasteiger partial charge >= 0.3 is 0 Å². The summed E-state index contributed by atoms with van der Waals surface area (Å²) in [5.74, 6) is 3.37. The Balaban J connectivity index is 0.00000300. The number of aliphatic imine (C=N–C) groups is 1. The van der Waals surface area contributed by atoms with Crippen LogP contribution in [0.3, 0.4) is 0 Å². The van der Waals surface area contributed by atoms with Crippen molar-refractivity contribution in [1.29, 1.82) is 0 Å². The average Bonchev–Trinajstić information content (AvgIpc) is 3.23. The lowest BCUT2D eigenvalue weighted by Crippen LogP contribution is -2.46. The fourth-order valence-electron chi connectivity index (χ4n) is 3.60. The Hall–Kier alpha value is -1.94. The molecule has 0 fully saturated rings. The summed E-state index contributed by atoms with van der Waals surface area (Å²) in [6, 6.07) is 8.21. The molecule has 0 bridgehead atoms. The van der Waals surface area contributed by atoms with Crippen molar-refractivity contribution in [2.75, 3.05) is 48.5 Å². The van der Waals surface area contributed by atoms with Crippen molar-refractivity contribution in [3.05, 3.63) is 47.4 Å². The van der Waals surface area contributed by atoms with E-state index < -0.39 is 0 Å². The van der Waals surface area contributed by atoms with Gasteiger partial charge in [-0.1, -0.05) is 0 Å². The van der Waals surface area contributed by atoms with Gasteiger partial charge < -0.3 is 24.1 Å². The maximum absolute atomic E-state index is 5.60. The van der Waals surface area contributed by atoms with Crippen LogP contribution >= 0.6 is 24.0 Å². The number of nitrogens with one attached hydrogen (secondary N) is 1. The van der Waals surface area contributed by atoms with Crippen molar-refractivity contribution in [2.45, 2.75) is 19.0 Å². The highest BCUT2D eigenvalue weighted by Gasteiger charge is 2.23. The van der Waals surface area contributed by atoms with Crippen LogP contribution in [0.2, 0.25) is 0 Å². The molecule has 8 heteroatoms. The van der Waals surface area contributed by atoms with Crippen molar-refractivity contribution in [3.63, 3.8) is 0 Å². The second-order valence-corrected chi connectivity index (χ2v) is 7.07. The van der Waals surface area contributed by atoms with E-state index in [9.17, 15) is 0 Å². The molecule has 0 saturated heterocycles. The molecule has 0 aliphatic carbocycles. The van der Waals surface area contributed by atoms with E-state index in [-0.39, 0.29) is 30.0 Å². The zero-order valence-corrected chi connectivity index (χ0v) is 20.1. The van der Waals surface area contributed by atoms with Crippen LogP contribution in [0, 0.1) is 0 Å². The third kappa shape index (κ3) is 5.36. The molecule has 1 atom stereocenters. The Morgan fingerprint density at radius 3 is 2.48 bits per heavy atom. The first kappa shape index (κ1) is 23.3. The van der Waals surface area contributed by atoms with Crippen molar-refractivity contribution in [1.82, 2.24) is 15.1 Å². The largest absolute Gasteiger partial charge is 0.493 e. The lowest BCUT2D eigenvalue weighted by molar-refractivity contribution is 0.254. The van der Waals surface area contributed by atoms with E-state index >= 15 is 0 Å². The third-order valence-corrected chi connectivity index (χ3v) is 5.18. The molecule has 29 heavy (non-hydrogen) atoms. The SMILES string of the molecule is CN=C(NCC(c1ccco1)N(C)C)N1CCc2cc(OC)c(OC)cc2C1.I. The van der Waals surface area contributed by atoms with E-state index in [1.807, 2.05) is 19.2 Å². The number of rotatable bonds is 6. The van der Waals surface area contributed by atoms with Gasteiger partial charge in [0.2, 0.25) is 0 Å². The van der Waals surface area contributed by atoms with Gasteiger partial charge in [-0.2, -0.15) is 0 Å². The number of methoxy groups -OCH3 is 2. The number of likely N-dealkylation sites (N-methyl/N-ethyl adjacent to an activating group) is 1. The van der Waals surface area contributed by atoms with Crippen LogP contribution in [0.15, 0.2) is 39.9 Å². The van der Waals surface area contributed by atoms with Crippen molar-refractivity contribution in [3.8, 4) is 11.5 Å². The Morgan fingerprint density at radius 2 is 1.93 bits per heavy atom. The van der Waals surface area contributed by atoms with Gasteiger partial charge in [-0.05, 0) is 55.9 Å². The molecule has 0 amide bonds. The van der Waals surface area contributed by atoms with Gasteiger partial charge in [0.15, 0.2) is 17.5 Å². The summed E-state index contributed by atoms with van der Waals surface area (Å²) in [4.78, 5) is 8.91. The second kappa shape index (κ2) is 10.7. The van der Waals surface area contributed by atoms with Crippen molar-refractivity contribution >= 4 is 29.9 Å². The molecule has 7 nitrogen and oxygen atoms in total. The number of hydrogen-bond donors (Lipinski definition) is 1. The van der Waals surface area contributed by atoms with Gasteiger partial charge in [0, 0.05) is 26.7 Å². The minimum Gasteiger partial charge on any atom is -0.493 e. The number of halogens is 1. The van der Waals surface area contributed by atoms with Crippen LogP contribution in [0.25, 0.3) is 0 Å². The maximum atomic E-state index is 5.60. The van der Waals surface area contributed by atoms with Crippen molar-refractivity contribution < 1.29 is 13.9 Å². The number of fused-ring (bicyclic) bond motifs is 1. The van der Waals surface area contributed by atoms with E-state index in [0.717, 1.165) is 42.7 Å². The van der Waals surface area contributed by atoms with E-state index in [4.69, 9.17) is 13.9 Å². The van der Waals surface area contributed by atoms with Crippen LogP contribution in [0.5, 0.6) is 11.5 Å². The van der Waals surface area contributed by atoms with Crippen LogP contribution in [-0.4, -0.2) is 64.2 Å². The standard InChI is InChI=1S/C21H30N4O3.HI/c1-22-21(23-13-17(24(2)3)18-7-6-10-28-18)25-9-8-15-11-19(26-4)20(27-5)12-16(15)14-25;/h6-7,10-12,17H,8-9,13-14H2,1-5H3,(H,22,23);1H. The molecule has 1 aliphatic rings. The summed E-state index contributed by atoms with van der Waals surface area (Å²) >= 11 is 0. The number of ether oxygens (including phenoxy) is 2. The molecule has 2 heterocycles. The highest BCUT2D eigenvalue weighted by atomic mass is 127. The summed E-state index contributed by atoms with van der Waals surface area (Å²) < 4.78 is 16.5. The minimum atomic E-state index is 0. The lowest BCUT2D eigenvalue weighted by Gasteiger charge is -2.33. The summed E-state index contributed by atoms with van der Waals surface area (Å²) in [7, 11) is 9.26. The molecular weight excluding hydrogens is 483 g/mol. The van der Waals surface area contributed by atoms with Crippen LogP contribution < -0.4 is 14.8 Å². The zero-order chi connectivity index (χ0) is 20.1. The summed E-state index contributed by atoms with van der Waals surface area (Å²) in [5.41, 5.74) is 2.54. The van der Waals surface area contributed by atoms with Gasteiger partial charge in [-0.3, -0.25) is 9.89 Å². The smallest absolute Gasteiger partial charge is 0.194 e. The molecule has 1 N–H and O–H groups in total. The Morgan fingerprint density at radius 1 is 1.24 bits per heavy atom. The molecule has 3 rings (SSSR count). The molecule has 1 aromatic carbocycles. The van der Waals surface area contributed by atoms with E-state index in [2.05, 4.69) is 46.3 Å². The lowest BCUT2D eigenvalue weighted by atomic mass is 9.99. The molecule has 0 radical (unpaired) electrons. The number of nitrogens with zero attached hydrogens (tertiary/aromatic N) is 3. The van der Waals surface area contributed by atoms with Gasteiger partial charge in [-0.25, -0.2) is 0 Å². The topological polar surface area (TPSA) is 62.5 Å². The zero-order valence-electron chi connectivity index (χ0n) is 17.8. The average molecular weight is 514 g/mol. The highest BCUT2D eigenvalue weighted by Crippen LogP contribution is 2.33. The first-order valence-corrected chi connectivity index (χ1v) is 9.46. The highest BCUT2D eigenvalue weighted by molar-refractivity contribution is 14.0. The van der Waals surface area contributed by atoms with Gasteiger partial charge in [0.25, 0.3) is 0 Å². The molecule has 2 aromatic rings. The first-order valence-electron chi connectivity index (χ1n) is 9.46. The van der Waals surface area contributed by atoms with E-state index in [1.54, 1.807) is 20.5 Å². The molecule has 1 aromatic heterocycles. The normalized spacial score (nSPS) is 14.8. The Kier molecular flexibility index (Phi) is 8.63. The number of benzene rings is 1. The van der Waals surface area contributed by atoms with Crippen LogP contribution in [0.1, 0.15) is 22.9 Å². The summed E-state index contributed by atoms with van der Waals surface area (Å²) in [5, 5.41) is 3.51. The summed E-state index contributed by atoms with van der Waals surface area (Å²) in [6.45, 7) is 2.39. The molecular formula is C21H31IN4O3. The predicted molar refractivity (Wildman–Crippen MR) is 126 cm³/mol. The maximum Gasteiger partial charge on any atom is 0.194 e. The fourth-order valence-corrected chi connectivity index (χ4v) is 3.60. The fraction of sp³-hybridized carbons (Fsp3) is 0.476. The number of furan rings is 1.